The van der Waals surface area contributed by atoms with Crippen molar-refractivity contribution in [1.29, 1.82) is 0 Å². The van der Waals surface area contributed by atoms with Crippen LogP contribution in [-0.2, 0) is 4.79 Å². The van der Waals surface area contributed by atoms with Crippen LogP contribution in [0.3, 0.4) is 0 Å². The molecule has 1 amide bonds. The third kappa shape index (κ3) is 3.04. The Hall–Kier alpha value is -0.0500. The summed E-state index contributed by atoms with van der Waals surface area (Å²) in [5, 5.41) is 1.05. The first-order chi connectivity index (χ1) is 7.96. The van der Waals surface area contributed by atoms with Crippen molar-refractivity contribution >= 4 is 21.8 Å². The standard InChI is InChI=1S/C14H24BrNO/c1-13(2)7-4-12(17)16(9-8-13)11-14(10-15)5-3-6-14/h3-11H2,1-2H3. The maximum Gasteiger partial charge on any atom is 0.222 e. The molecule has 1 saturated carbocycles. The number of amides is 1. The fourth-order valence-electron chi connectivity index (χ4n) is 2.87. The molecule has 0 aromatic rings. The number of hydrogen-bond donors (Lipinski definition) is 0. The number of likely N-dealkylation sites (tertiary alicyclic amines) is 1. The van der Waals surface area contributed by atoms with Crippen LogP contribution in [0.1, 0.15) is 52.4 Å². The van der Waals surface area contributed by atoms with E-state index in [1.54, 1.807) is 0 Å². The molecule has 1 aliphatic heterocycles. The molecular formula is C14H24BrNO. The summed E-state index contributed by atoms with van der Waals surface area (Å²) in [5.41, 5.74) is 0.732. The Morgan fingerprint density at radius 1 is 1.24 bits per heavy atom. The first kappa shape index (κ1) is 13.4. The van der Waals surface area contributed by atoms with Crippen molar-refractivity contribution in [1.82, 2.24) is 4.90 Å². The van der Waals surface area contributed by atoms with Gasteiger partial charge in [0.1, 0.15) is 0 Å². The number of halogens is 1. The van der Waals surface area contributed by atoms with Gasteiger partial charge in [-0.15, -0.1) is 0 Å². The Kier molecular flexibility index (Phi) is 3.86. The van der Waals surface area contributed by atoms with Crippen LogP contribution in [0, 0.1) is 10.8 Å². The molecule has 2 fully saturated rings. The van der Waals surface area contributed by atoms with Gasteiger partial charge in [-0.2, -0.15) is 0 Å². The van der Waals surface area contributed by atoms with E-state index in [0.717, 1.165) is 37.7 Å². The van der Waals surface area contributed by atoms with Gasteiger partial charge in [0.2, 0.25) is 5.91 Å². The predicted molar refractivity (Wildman–Crippen MR) is 74.3 cm³/mol. The van der Waals surface area contributed by atoms with Crippen molar-refractivity contribution < 1.29 is 4.79 Å². The van der Waals surface area contributed by atoms with Crippen molar-refractivity contribution in [2.75, 3.05) is 18.4 Å². The van der Waals surface area contributed by atoms with Crippen molar-refractivity contribution in [3.05, 3.63) is 0 Å². The molecule has 0 N–H and O–H groups in total. The molecular weight excluding hydrogens is 278 g/mol. The lowest BCUT2D eigenvalue weighted by Gasteiger charge is -2.44. The van der Waals surface area contributed by atoms with Gasteiger partial charge in [-0.05, 0) is 36.5 Å². The normalized spacial score (nSPS) is 27.5. The van der Waals surface area contributed by atoms with Crippen LogP contribution in [0.25, 0.3) is 0 Å². The van der Waals surface area contributed by atoms with E-state index >= 15 is 0 Å². The molecule has 0 bridgehead atoms. The van der Waals surface area contributed by atoms with Gasteiger partial charge < -0.3 is 4.90 Å². The lowest BCUT2D eigenvalue weighted by atomic mass is 9.70. The molecule has 1 aliphatic carbocycles. The van der Waals surface area contributed by atoms with Gasteiger partial charge >= 0.3 is 0 Å². The van der Waals surface area contributed by atoms with Gasteiger partial charge in [-0.1, -0.05) is 36.2 Å². The molecule has 17 heavy (non-hydrogen) atoms. The van der Waals surface area contributed by atoms with Crippen LogP contribution in [0.5, 0.6) is 0 Å². The van der Waals surface area contributed by atoms with Crippen LogP contribution in [0.4, 0.5) is 0 Å². The van der Waals surface area contributed by atoms with E-state index in [9.17, 15) is 4.79 Å². The third-order valence-corrected chi connectivity index (χ3v) is 5.84. The fraction of sp³-hybridized carbons (Fsp3) is 0.929. The molecule has 0 atom stereocenters. The Balaban J connectivity index is 1.98. The van der Waals surface area contributed by atoms with E-state index in [2.05, 4.69) is 34.7 Å². The minimum absolute atomic E-state index is 0.339. The predicted octanol–water partition coefficient (Wildman–Crippen LogP) is 3.59. The first-order valence-electron chi connectivity index (χ1n) is 6.80. The molecule has 2 nitrogen and oxygen atoms in total. The van der Waals surface area contributed by atoms with Crippen LogP contribution in [-0.4, -0.2) is 29.2 Å². The second-order valence-electron chi connectivity index (χ2n) is 6.72. The molecule has 0 aromatic carbocycles. The smallest absolute Gasteiger partial charge is 0.222 e. The van der Waals surface area contributed by atoms with Crippen LogP contribution >= 0.6 is 15.9 Å². The summed E-state index contributed by atoms with van der Waals surface area (Å²) in [6.07, 6.45) is 6.84. The SMILES string of the molecule is CC1(C)CCC(=O)N(CC2(CBr)CCC2)CC1. The average molecular weight is 302 g/mol. The molecule has 0 unspecified atom stereocenters. The van der Waals surface area contributed by atoms with Gasteiger partial charge in [0.05, 0.1) is 0 Å². The van der Waals surface area contributed by atoms with E-state index in [0.29, 0.717) is 16.7 Å². The number of alkyl halides is 1. The summed E-state index contributed by atoms with van der Waals surface area (Å²) in [7, 11) is 0. The molecule has 1 saturated heterocycles. The van der Waals surface area contributed by atoms with E-state index in [1.807, 2.05) is 0 Å². The number of rotatable bonds is 3. The number of carbonyl (C=O) groups is 1. The lowest BCUT2D eigenvalue weighted by Crippen LogP contribution is -2.45. The summed E-state index contributed by atoms with van der Waals surface area (Å²) in [4.78, 5) is 14.3. The lowest BCUT2D eigenvalue weighted by molar-refractivity contribution is -0.133. The molecule has 0 radical (unpaired) electrons. The van der Waals surface area contributed by atoms with Crippen molar-refractivity contribution in [3.63, 3.8) is 0 Å². The zero-order chi connectivity index (χ0) is 12.5. The van der Waals surface area contributed by atoms with Gasteiger partial charge in [0.25, 0.3) is 0 Å². The van der Waals surface area contributed by atoms with Gasteiger partial charge in [-0.3, -0.25) is 4.79 Å². The molecule has 1 heterocycles. The van der Waals surface area contributed by atoms with Gasteiger partial charge in [0, 0.05) is 24.8 Å². The van der Waals surface area contributed by atoms with E-state index in [-0.39, 0.29) is 0 Å². The number of carbonyl (C=O) groups excluding carboxylic acids is 1. The van der Waals surface area contributed by atoms with E-state index in [1.165, 1.54) is 19.3 Å². The monoisotopic (exact) mass is 301 g/mol. The fourth-order valence-corrected chi connectivity index (χ4v) is 3.61. The Morgan fingerprint density at radius 3 is 2.47 bits per heavy atom. The molecule has 0 aromatic heterocycles. The maximum absolute atomic E-state index is 12.1. The van der Waals surface area contributed by atoms with Crippen LogP contribution < -0.4 is 0 Å². The zero-order valence-corrected chi connectivity index (χ0v) is 12.7. The molecule has 2 rings (SSSR count). The topological polar surface area (TPSA) is 20.3 Å². The summed E-state index contributed by atoms with van der Waals surface area (Å²) in [5.74, 6) is 0.378. The highest BCUT2D eigenvalue weighted by atomic mass is 79.9. The largest absolute Gasteiger partial charge is 0.342 e. The summed E-state index contributed by atoms with van der Waals surface area (Å²) < 4.78 is 0. The van der Waals surface area contributed by atoms with Crippen LogP contribution in [0.15, 0.2) is 0 Å². The van der Waals surface area contributed by atoms with Crippen molar-refractivity contribution in [2.45, 2.75) is 52.4 Å². The quantitative estimate of drug-likeness (QED) is 0.730. The highest BCUT2D eigenvalue weighted by Crippen LogP contribution is 2.43. The number of nitrogens with zero attached hydrogens (tertiary/aromatic N) is 1. The second-order valence-corrected chi connectivity index (χ2v) is 7.28. The maximum atomic E-state index is 12.1. The third-order valence-electron chi connectivity index (χ3n) is 4.65. The first-order valence-corrected chi connectivity index (χ1v) is 7.92. The zero-order valence-electron chi connectivity index (χ0n) is 11.1. The summed E-state index contributed by atoms with van der Waals surface area (Å²) >= 11 is 3.63. The highest BCUT2D eigenvalue weighted by Gasteiger charge is 2.39. The molecule has 98 valence electrons. The Labute approximate surface area is 113 Å². The van der Waals surface area contributed by atoms with Gasteiger partial charge in [0.15, 0.2) is 0 Å². The summed E-state index contributed by atoms with van der Waals surface area (Å²) in [6.45, 7) is 6.51. The van der Waals surface area contributed by atoms with E-state index < -0.39 is 0 Å². The van der Waals surface area contributed by atoms with Crippen LogP contribution in [0.2, 0.25) is 0 Å². The average Bonchev–Trinajstić information content (AvgIpc) is 2.35. The Bertz CT molecular complexity index is 291. The van der Waals surface area contributed by atoms with Crippen molar-refractivity contribution in [3.8, 4) is 0 Å². The second kappa shape index (κ2) is 4.91. The van der Waals surface area contributed by atoms with Crippen molar-refractivity contribution in [2.24, 2.45) is 10.8 Å². The number of hydrogen-bond acceptors (Lipinski definition) is 1. The summed E-state index contributed by atoms with van der Waals surface area (Å²) in [6, 6.07) is 0. The molecule has 2 aliphatic rings. The Morgan fingerprint density at radius 2 is 1.94 bits per heavy atom. The molecule has 3 heteroatoms. The van der Waals surface area contributed by atoms with Gasteiger partial charge in [-0.25, -0.2) is 0 Å². The molecule has 0 spiro atoms. The minimum Gasteiger partial charge on any atom is -0.342 e. The van der Waals surface area contributed by atoms with E-state index in [4.69, 9.17) is 0 Å². The minimum atomic E-state index is 0.339. The highest BCUT2D eigenvalue weighted by molar-refractivity contribution is 9.09.